The monoisotopic (exact) mass is 322 g/mol. The molecule has 23 heavy (non-hydrogen) atoms. The van der Waals surface area contributed by atoms with Crippen molar-refractivity contribution >= 4 is 11.8 Å². The van der Waals surface area contributed by atoms with Crippen LogP contribution in [0.15, 0.2) is 65.8 Å². The summed E-state index contributed by atoms with van der Waals surface area (Å²) in [6.07, 6.45) is 0.0557. The van der Waals surface area contributed by atoms with Crippen molar-refractivity contribution in [2.24, 2.45) is 0 Å². The first kappa shape index (κ1) is 14.5. The number of hydrogen-bond acceptors (Lipinski definition) is 3. The number of benzene rings is 2. The van der Waals surface area contributed by atoms with Crippen LogP contribution in [0.1, 0.15) is 13.2 Å². The van der Waals surface area contributed by atoms with Crippen LogP contribution in [0.2, 0.25) is 0 Å². The van der Waals surface area contributed by atoms with Crippen LogP contribution in [0.4, 0.5) is 0 Å². The Balaban J connectivity index is 1.93. The molecule has 0 aliphatic carbocycles. The molecule has 0 saturated carbocycles. The van der Waals surface area contributed by atoms with Crippen LogP contribution in [0.25, 0.3) is 22.5 Å². The summed E-state index contributed by atoms with van der Waals surface area (Å²) in [6, 6.07) is 20.9. The predicted molar refractivity (Wildman–Crippen MR) is 94.5 cm³/mol. The van der Waals surface area contributed by atoms with Gasteiger partial charge >= 0.3 is 0 Å². The summed E-state index contributed by atoms with van der Waals surface area (Å²) in [5, 5.41) is 1.04. The Kier molecular flexibility index (Phi) is 3.93. The lowest BCUT2D eigenvalue weighted by Gasteiger charge is -2.16. The van der Waals surface area contributed by atoms with E-state index in [1.165, 1.54) is 5.56 Å². The number of ether oxygens (including phenoxy) is 1. The summed E-state index contributed by atoms with van der Waals surface area (Å²) in [6.45, 7) is 2.75. The summed E-state index contributed by atoms with van der Waals surface area (Å²) in [5.74, 6) is 0.922. The molecule has 3 aromatic rings. The van der Waals surface area contributed by atoms with Crippen molar-refractivity contribution in [2.75, 3.05) is 12.4 Å². The first-order valence-electron chi connectivity index (χ1n) is 7.86. The molecule has 1 atom stereocenters. The molecule has 4 heteroatoms. The van der Waals surface area contributed by atoms with Gasteiger partial charge in [-0.25, -0.2) is 4.98 Å². The molecule has 1 unspecified atom stereocenters. The van der Waals surface area contributed by atoms with Crippen LogP contribution in [-0.4, -0.2) is 21.9 Å². The maximum Gasteiger partial charge on any atom is 0.171 e. The van der Waals surface area contributed by atoms with Crippen molar-refractivity contribution in [1.29, 1.82) is 0 Å². The molecule has 0 N–H and O–H groups in total. The quantitative estimate of drug-likeness (QED) is 0.686. The minimum Gasteiger partial charge on any atom is -0.357 e. The van der Waals surface area contributed by atoms with Crippen molar-refractivity contribution in [3.8, 4) is 22.5 Å². The number of hydrogen-bond donors (Lipinski definition) is 0. The fourth-order valence-electron chi connectivity index (χ4n) is 2.99. The van der Waals surface area contributed by atoms with Gasteiger partial charge in [0.1, 0.15) is 6.23 Å². The highest BCUT2D eigenvalue weighted by Gasteiger charge is 2.30. The Bertz CT molecular complexity index is 799. The highest BCUT2D eigenvalue weighted by Crippen LogP contribution is 2.43. The molecule has 0 bridgehead atoms. The van der Waals surface area contributed by atoms with Gasteiger partial charge in [0.2, 0.25) is 0 Å². The SMILES string of the molecule is CCOC1CSc2nc(-c3ccccc3)c(-c3ccccc3)n21. The zero-order valence-corrected chi connectivity index (χ0v) is 13.8. The molecule has 0 radical (unpaired) electrons. The Morgan fingerprint density at radius 3 is 2.35 bits per heavy atom. The second kappa shape index (κ2) is 6.22. The van der Waals surface area contributed by atoms with E-state index in [0.29, 0.717) is 6.61 Å². The highest BCUT2D eigenvalue weighted by atomic mass is 32.2. The normalized spacial score (nSPS) is 16.5. The van der Waals surface area contributed by atoms with E-state index < -0.39 is 0 Å². The molecule has 2 heterocycles. The number of nitrogens with zero attached hydrogens (tertiary/aromatic N) is 2. The lowest BCUT2D eigenvalue weighted by molar-refractivity contribution is 0.0285. The van der Waals surface area contributed by atoms with Crippen LogP contribution in [0.5, 0.6) is 0 Å². The number of imidazole rings is 1. The Hall–Kier alpha value is -2.04. The number of aromatic nitrogens is 2. The summed E-state index contributed by atoms with van der Waals surface area (Å²) >= 11 is 1.77. The van der Waals surface area contributed by atoms with Gasteiger partial charge in [-0.3, -0.25) is 4.57 Å². The van der Waals surface area contributed by atoms with Crippen molar-refractivity contribution in [2.45, 2.75) is 18.3 Å². The lowest BCUT2D eigenvalue weighted by Crippen LogP contribution is -2.12. The molecule has 1 aliphatic heterocycles. The highest BCUT2D eigenvalue weighted by molar-refractivity contribution is 7.99. The molecule has 0 spiro atoms. The van der Waals surface area contributed by atoms with Gasteiger partial charge in [-0.2, -0.15) is 0 Å². The average Bonchev–Trinajstić information content (AvgIpc) is 3.17. The van der Waals surface area contributed by atoms with Gasteiger partial charge in [-0.05, 0) is 6.92 Å². The molecule has 1 aromatic heterocycles. The summed E-state index contributed by atoms with van der Waals surface area (Å²) in [4.78, 5) is 4.92. The van der Waals surface area contributed by atoms with E-state index in [1.807, 2.05) is 19.1 Å². The third-order valence-electron chi connectivity index (χ3n) is 3.98. The van der Waals surface area contributed by atoms with Crippen LogP contribution < -0.4 is 0 Å². The minimum absolute atomic E-state index is 0.0557. The number of fused-ring (bicyclic) bond motifs is 1. The van der Waals surface area contributed by atoms with E-state index >= 15 is 0 Å². The average molecular weight is 322 g/mol. The first-order valence-corrected chi connectivity index (χ1v) is 8.84. The van der Waals surface area contributed by atoms with E-state index in [1.54, 1.807) is 11.8 Å². The van der Waals surface area contributed by atoms with E-state index in [0.717, 1.165) is 27.9 Å². The molecule has 4 rings (SSSR count). The zero-order valence-electron chi connectivity index (χ0n) is 13.0. The maximum absolute atomic E-state index is 5.94. The van der Waals surface area contributed by atoms with E-state index in [4.69, 9.17) is 9.72 Å². The van der Waals surface area contributed by atoms with Gasteiger partial charge in [-0.1, -0.05) is 72.4 Å². The molecule has 3 nitrogen and oxygen atoms in total. The molecule has 0 fully saturated rings. The van der Waals surface area contributed by atoms with E-state index in [-0.39, 0.29) is 6.23 Å². The van der Waals surface area contributed by atoms with Gasteiger partial charge in [0.05, 0.1) is 11.4 Å². The molecule has 116 valence electrons. The van der Waals surface area contributed by atoms with Crippen molar-refractivity contribution in [3.63, 3.8) is 0 Å². The Morgan fingerprint density at radius 1 is 1.04 bits per heavy atom. The largest absolute Gasteiger partial charge is 0.357 e. The van der Waals surface area contributed by atoms with Gasteiger partial charge in [0.15, 0.2) is 5.16 Å². The predicted octanol–water partition coefficient (Wildman–Crippen LogP) is 4.86. The standard InChI is InChI=1S/C19H18N2OS/c1-2-22-16-13-23-19-20-17(14-9-5-3-6-10-14)18(21(16)19)15-11-7-4-8-12-15/h3-12,16H,2,13H2,1H3. The molecule has 0 amide bonds. The maximum atomic E-state index is 5.94. The molecule has 2 aromatic carbocycles. The number of thioether (sulfide) groups is 1. The smallest absolute Gasteiger partial charge is 0.171 e. The first-order chi connectivity index (χ1) is 11.4. The Morgan fingerprint density at radius 2 is 1.70 bits per heavy atom. The second-order valence-electron chi connectivity index (χ2n) is 5.41. The number of rotatable bonds is 4. The van der Waals surface area contributed by atoms with Crippen molar-refractivity contribution < 1.29 is 4.74 Å². The fourth-order valence-corrected chi connectivity index (χ4v) is 4.03. The third kappa shape index (κ3) is 2.58. The van der Waals surface area contributed by atoms with Gasteiger partial charge < -0.3 is 4.74 Å². The fraction of sp³-hybridized carbons (Fsp3) is 0.211. The lowest BCUT2D eigenvalue weighted by atomic mass is 10.0. The zero-order chi connectivity index (χ0) is 15.6. The summed E-state index contributed by atoms with van der Waals surface area (Å²) in [7, 11) is 0. The summed E-state index contributed by atoms with van der Waals surface area (Å²) in [5.41, 5.74) is 4.50. The second-order valence-corrected chi connectivity index (χ2v) is 6.40. The van der Waals surface area contributed by atoms with Crippen molar-refractivity contribution in [3.05, 3.63) is 60.7 Å². The Labute approximate surface area is 140 Å². The molecular formula is C19H18N2OS. The molecular weight excluding hydrogens is 304 g/mol. The van der Waals surface area contributed by atoms with Gasteiger partial charge in [0, 0.05) is 23.5 Å². The van der Waals surface area contributed by atoms with Crippen LogP contribution in [0, 0.1) is 0 Å². The minimum atomic E-state index is 0.0557. The van der Waals surface area contributed by atoms with Crippen LogP contribution in [0.3, 0.4) is 0 Å². The van der Waals surface area contributed by atoms with Gasteiger partial charge in [-0.15, -0.1) is 0 Å². The molecule has 1 aliphatic rings. The van der Waals surface area contributed by atoms with Crippen LogP contribution >= 0.6 is 11.8 Å². The van der Waals surface area contributed by atoms with Crippen LogP contribution in [-0.2, 0) is 4.74 Å². The van der Waals surface area contributed by atoms with E-state index in [2.05, 4.69) is 53.1 Å². The van der Waals surface area contributed by atoms with E-state index in [9.17, 15) is 0 Å². The van der Waals surface area contributed by atoms with Crippen molar-refractivity contribution in [1.82, 2.24) is 9.55 Å². The topological polar surface area (TPSA) is 27.1 Å². The third-order valence-corrected chi connectivity index (χ3v) is 4.97. The van der Waals surface area contributed by atoms with Gasteiger partial charge in [0.25, 0.3) is 0 Å². The molecule has 0 saturated heterocycles. The summed E-state index contributed by atoms with van der Waals surface area (Å²) < 4.78 is 8.20.